The Hall–Kier alpha value is -2.59. The van der Waals surface area contributed by atoms with Crippen molar-refractivity contribution in [1.82, 2.24) is 14.8 Å². The molecule has 0 saturated carbocycles. The minimum Gasteiger partial charge on any atom is -0.386 e. The van der Waals surface area contributed by atoms with Crippen LogP contribution in [0.15, 0.2) is 36.5 Å². The van der Waals surface area contributed by atoms with Crippen LogP contribution < -0.4 is 5.32 Å². The second kappa shape index (κ2) is 7.83. The Morgan fingerprint density at radius 2 is 2.06 bits per heavy atom. The molecule has 4 rings (SSSR count). The average Bonchev–Trinajstić information content (AvgIpc) is 3.35. The Morgan fingerprint density at radius 3 is 2.71 bits per heavy atom. The Bertz CT molecular complexity index is 1130. The molecule has 2 aromatic heterocycles. The van der Waals surface area contributed by atoms with E-state index in [4.69, 9.17) is 0 Å². The number of fused-ring (bicyclic) bond motifs is 1. The first-order chi connectivity index (χ1) is 14.5. The number of rotatable bonds is 4. The van der Waals surface area contributed by atoms with Crippen LogP contribution in [0, 0.1) is 0 Å². The largest absolute Gasteiger partial charge is 0.433 e. The van der Waals surface area contributed by atoms with Crippen molar-refractivity contribution in [3.05, 3.63) is 53.5 Å². The molecule has 0 spiro atoms. The van der Waals surface area contributed by atoms with Gasteiger partial charge in [0.1, 0.15) is 11.4 Å². The van der Waals surface area contributed by atoms with E-state index in [2.05, 4.69) is 15.4 Å². The SMILES string of the molecule is CC(C)(O)c1cc2nn([C@H]3CCSC3)cc2cc1NC(=O)c1cccc(C(F)(F)F)n1. The van der Waals surface area contributed by atoms with E-state index < -0.39 is 23.4 Å². The number of aromatic nitrogens is 3. The molecule has 3 heterocycles. The monoisotopic (exact) mass is 450 g/mol. The third kappa shape index (κ3) is 4.54. The summed E-state index contributed by atoms with van der Waals surface area (Å²) in [5.41, 5.74) is -1.45. The van der Waals surface area contributed by atoms with Gasteiger partial charge in [-0.2, -0.15) is 30.0 Å². The number of benzene rings is 1. The van der Waals surface area contributed by atoms with E-state index in [9.17, 15) is 23.1 Å². The molecular weight excluding hydrogens is 429 g/mol. The van der Waals surface area contributed by atoms with Crippen LogP contribution in [0.1, 0.15) is 48.1 Å². The lowest BCUT2D eigenvalue weighted by atomic mass is 9.95. The number of nitrogens with zero attached hydrogens (tertiary/aromatic N) is 3. The van der Waals surface area contributed by atoms with E-state index in [0.717, 1.165) is 35.4 Å². The van der Waals surface area contributed by atoms with Gasteiger partial charge in [-0.1, -0.05) is 6.07 Å². The number of aliphatic hydroxyl groups is 1. The predicted octanol–water partition coefficient (Wildman–Crippen LogP) is 4.61. The first-order valence-corrected chi connectivity index (χ1v) is 10.9. The summed E-state index contributed by atoms with van der Waals surface area (Å²) >= 11 is 1.86. The summed E-state index contributed by atoms with van der Waals surface area (Å²) in [7, 11) is 0. The van der Waals surface area contributed by atoms with Gasteiger partial charge in [0.25, 0.3) is 5.91 Å². The summed E-state index contributed by atoms with van der Waals surface area (Å²) in [4.78, 5) is 16.1. The van der Waals surface area contributed by atoms with Gasteiger partial charge in [-0.3, -0.25) is 9.48 Å². The minimum atomic E-state index is -4.65. The minimum absolute atomic E-state index is 0.287. The molecule has 0 unspecified atom stereocenters. The standard InChI is InChI=1S/C21H21F3N4O2S/c1-20(2,30)14-9-16-12(10-28(27-16)13-6-7-31-11-13)8-17(14)26-19(29)15-4-3-5-18(25-15)21(22,23)24/h3-5,8-10,13,30H,6-7,11H2,1-2H3,(H,26,29)/t13-/m0/s1. The highest BCUT2D eigenvalue weighted by Crippen LogP contribution is 2.34. The van der Waals surface area contributed by atoms with Crippen molar-refractivity contribution in [3.8, 4) is 0 Å². The molecule has 0 bridgehead atoms. The van der Waals surface area contributed by atoms with Gasteiger partial charge in [0, 0.05) is 28.6 Å². The number of alkyl halides is 3. The number of hydrogen-bond acceptors (Lipinski definition) is 5. The van der Waals surface area contributed by atoms with Crippen LogP contribution in [0.2, 0.25) is 0 Å². The van der Waals surface area contributed by atoms with Crippen molar-refractivity contribution < 1.29 is 23.1 Å². The van der Waals surface area contributed by atoms with Gasteiger partial charge < -0.3 is 10.4 Å². The van der Waals surface area contributed by atoms with Gasteiger partial charge in [-0.05, 0) is 50.3 Å². The lowest BCUT2D eigenvalue weighted by Gasteiger charge is -2.22. The maximum Gasteiger partial charge on any atom is 0.433 e. The van der Waals surface area contributed by atoms with Gasteiger partial charge in [-0.15, -0.1) is 0 Å². The van der Waals surface area contributed by atoms with Gasteiger partial charge in [0.15, 0.2) is 0 Å². The second-order valence-corrected chi connectivity index (χ2v) is 9.15. The normalized spacial score (nSPS) is 17.3. The molecule has 1 saturated heterocycles. The first-order valence-electron chi connectivity index (χ1n) is 9.71. The number of nitrogens with one attached hydrogen (secondary N) is 1. The summed E-state index contributed by atoms with van der Waals surface area (Å²) < 4.78 is 40.7. The molecule has 0 radical (unpaired) electrons. The highest BCUT2D eigenvalue weighted by atomic mass is 32.2. The van der Waals surface area contributed by atoms with Crippen LogP contribution in [-0.2, 0) is 11.8 Å². The Morgan fingerprint density at radius 1 is 1.29 bits per heavy atom. The zero-order chi connectivity index (χ0) is 22.4. The van der Waals surface area contributed by atoms with E-state index in [-0.39, 0.29) is 11.7 Å². The van der Waals surface area contributed by atoms with Crippen molar-refractivity contribution in [2.75, 3.05) is 16.8 Å². The van der Waals surface area contributed by atoms with Crippen LogP contribution in [0.3, 0.4) is 0 Å². The van der Waals surface area contributed by atoms with E-state index in [1.165, 1.54) is 6.07 Å². The molecule has 31 heavy (non-hydrogen) atoms. The fraction of sp³-hybridized carbons (Fsp3) is 0.381. The smallest absolute Gasteiger partial charge is 0.386 e. The fourth-order valence-electron chi connectivity index (χ4n) is 3.52. The summed E-state index contributed by atoms with van der Waals surface area (Å²) in [5.74, 6) is 1.24. The van der Waals surface area contributed by atoms with Gasteiger partial charge in [-0.25, -0.2) is 4.98 Å². The molecule has 1 aliphatic heterocycles. The third-order valence-electron chi connectivity index (χ3n) is 5.12. The molecule has 3 aromatic rings. The van der Waals surface area contributed by atoms with Crippen molar-refractivity contribution in [1.29, 1.82) is 0 Å². The Balaban J connectivity index is 1.71. The van der Waals surface area contributed by atoms with Gasteiger partial charge in [0.2, 0.25) is 0 Å². The number of pyridine rings is 1. The van der Waals surface area contributed by atoms with Crippen LogP contribution >= 0.6 is 11.8 Å². The number of carbonyl (C=O) groups is 1. The number of amides is 1. The molecule has 10 heteroatoms. The van der Waals surface area contributed by atoms with E-state index in [0.29, 0.717) is 16.8 Å². The summed E-state index contributed by atoms with van der Waals surface area (Å²) in [5, 5.41) is 18.6. The second-order valence-electron chi connectivity index (χ2n) is 8.00. The predicted molar refractivity (Wildman–Crippen MR) is 113 cm³/mol. The molecule has 1 fully saturated rings. The number of anilines is 1. The molecule has 164 valence electrons. The number of carbonyl (C=O) groups excluding carboxylic acids is 1. The van der Waals surface area contributed by atoms with E-state index in [1.54, 1.807) is 26.0 Å². The molecule has 1 aliphatic rings. The van der Waals surface area contributed by atoms with Crippen LogP contribution in [0.5, 0.6) is 0 Å². The lowest BCUT2D eigenvalue weighted by Crippen LogP contribution is -2.22. The van der Waals surface area contributed by atoms with E-state index >= 15 is 0 Å². The average molecular weight is 450 g/mol. The highest BCUT2D eigenvalue weighted by Gasteiger charge is 2.33. The molecular formula is C21H21F3N4O2S. The molecule has 0 aliphatic carbocycles. The van der Waals surface area contributed by atoms with E-state index in [1.807, 2.05) is 22.6 Å². The number of hydrogen-bond donors (Lipinski definition) is 2. The van der Waals surface area contributed by atoms with Crippen molar-refractivity contribution >= 4 is 34.3 Å². The third-order valence-corrected chi connectivity index (χ3v) is 6.27. The number of thioether (sulfide) groups is 1. The molecule has 2 N–H and O–H groups in total. The first kappa shape index (κ1) is 21.6. The maximum absolute atomic E-state index is 12.9. The fourth-order valence-corrected chi connectivity index (χ4v) is 4.72. The summed E-state index contributed by atoms with van der Waals surface area (Å²) in [6.07, 6.45) is -1.75. The zero-order valence-electron chi connectivity index (χ0n) is 16.9. The van der Waals surface area contributed by atoms with Crippen LogP contribution in [-0.4, -0.2) is 37.3 Å². The van der Waals surface area contributed by atoms with Crippen molar-refractivity contribution in [3.63, 3.8) is 0 Å². The molecule has 1 aromatic carbocycles. The lowest BCUT2D eigenvalue weighted by molar-refractivity contribution is -0.141. The van der Waals surface area contributed by atoms with Crippen molar-refractivity contribution in [2.45, 2.75) is 38.1 Å². The highest BCUT2D eigenvalue weighted by molar-refractivity contribution is 7.99. The molecule has 1 atom stereocenters. The molecule has 6 nitrogen and oxygen atoms in total. The Labute approximate surface area is 180 Å². The summed E-state index contributed by atoms with van der Waals surface area (Å²) in [6.45, 7) is 3.13. The van der Waals surface area contributed by atoms with Crippen LogP contribution in [0.4, 0.5) is 18.9 Å². The molecule has 1 amide bonds. The maximum atomic E-state index is 12.9. The Kier molecular flexibility index (Phi) is 5.47. The topological polar surface area (TPSA) is 80.0 Å². The number of halogens is 3. The quantitative estimate of drug-likeness (QED) is 0.607. The van der Waals surface area contributed by atoms with Gasteiger partial charge >= 0.3 is 6.18 Å². The van der Waals surface area contributed by atoms with Crippen molar-refractivity contribution in [2.24, 2.45) is 0 Å². The van der Waals surface area contributed by atoms with Gasteiger partial charge in [0.05, 0.1) is 17.2 Å². The zero-order valence-corrected chi connectivity index (χ0v) is 17.7. The summed E-state index contributed by atoms with van der Waals surface area (Å²) in [6, 6.07) is 6.82. The van der Waals surface area contributed by atoms with Crippen LogP contribution in [0.25, 0.3) is 10.9 Å².